The topological polar surface area (TPSA) is 87.1 Å². The Kier molecular flexibility index (Phi) is 6.46. The SMILES string of the molecule is O=C(NCc1cccnc1)c1ccc(CC2CCC(C(O)c3ccc(C4CC4)nc3)N2)cc1. The molecule has 3 aromatic rings. The number of nitrogens with zero attached hydrogens (tertiary/aromatic N) is 2. The molecule has 0 bridgehead atoms. The maximum atomic E-state index is 12.4. The van der Waals surface area contributed by atoms with Crippen LogP contribution in [0.3, 0.4) is 0 Å². The van der Waals surface area contributed by atoms with Crippen molar-refractivity contribution in [2.75, 3.05) is 0 Å². The van der Waals surface area contributed by atoms with Crippen molar-refractivity contribution >= 4 is 5.91 Å². The number of rotatable bonds is 8. The van der Waals surface area contributed by atoms with Gasteiger partial charge in [-0.15, -0.1) is 0 Å². The lowest BCUT2D eigenvalue weighted by atomic mass is 10.0. The van der Waals surface area contributed by atoms with Gasteiger partial charge in [0.25, 0.3) is 5.91 Å². The standard InChI is InChI=1S/C27H30N4O2/c32-26(22-9-11-24(29-17-22)20-7-8-20)25-12-10-23(31-25)14-18-3-5-21(6-4-18)27(33)30-16-19-2-1-13-28-15-19/h1-6,9,11,13,15,17,20,23,25-26,31-32H,7-8,10,12,14,16H2,(H,30,33). The summed E-state index contributed by atoms with van der Waals surface area (Å²) in [6.45, 7) is 0.461. The molecule has 1 saturated carbocycles. The van der Waals surface area contributed by atoms with E-state index in [0.717, 1.165) is 36.1 Å². The van der Waals surface area contributed by atoms with Crippen molar-refractivity contribution in [2.24, 2.45) is 0 Å². The molecule has 5 rings (SSSR count). The van der Waals surface area contributed by atoms with Gasteiger partial charge in [-0.25, -0.2) is 0 Å². The summed E-state index contributed by atoms with van der Waals surface area (Å²) in [7, 11) is 0. The van der Waals surface area contributed by atoms with Gasteiger partial charge in [-0.1, -0.05) is 24.3 Å². The molecule has 1 amide bonds. The monoisotopic (exact) mass is 442 g/mol. The maximum Gasteiger partial charge on any atom is 0.251 e. The van der Waals surface area contributed by atoms with Crippen molar-refractivity contribution in [1.82, 2.24) is 20.6 Å². The van der Waals surface area contributed by atoms with Crippen molar-refractivity contribution in [1.29, 1.82) is 0 Å². The molecule has 0 radical (unpaired) electrons. The highest BCUT2D eigenvalue weighted by Crippen LogP contribution is 2.39. The first-order valence-electron chi connectivity index (χ1n) is 11.8. The molecular formula is C27H30N4O2. The van der Waals surface area contributed by atoms with Crippen LogP contribution < -0.4 is 10.6 Å². The van der Waals surface area contributed by atoms with Crippen LogP contribution in [0.1, 0.15) is 70.4 Å². The highest BCUT2D eigenvalue weighted by Gasteiger charge is 2.31. The summed E-state index contributed by atoms with van der Waals surface area (Å²) in [5.74, 6) is 0.540. The molecule has 2 aliphatic rings. The van der Waals surface area contributed by atoms with Crippen LogP contribution in [0.2, 0.25) is 0 Å². The van der Waals surface area contributed by atoms with Crippen LogP contribution in [0, 0.1) is 0 Å². The molecule has 2 fully saturated rings. The Hall–Kier alpha value is -3.09. The summed E-state index contributed by atoms with van der Waals surface area (Å²) >= 11 is 0. The van der Waals surface area contributed by atoms with Gasteiger partial charge < -0.3 is 15.7 Å². The first kappa shape index (κ1) is 21.7. The Morgan fingerprint density at radius 2 is 1.88 bits per heavy atom. The second-order valence-corrected chi connectivity index (χ2v) is 9.23. The molecule has 3 atom stereocenters. The van der Waals surface area contributed by atoms with E-state index < -0.39 is 6.10 Å². The van der Waals surface area contributed by atoms with Crippen molar-refractivity contribution in [3.63, 3.8) is 0 Å². The normalized spacial score (nSPS) is 21.0. The lowest BCUT2D eigenvalue weighted by molar-refractivity contribution is 0.0951. The summed E-state index contributed by atoms with van der Waals surface area (Å²) in [5, 5.41) is 17.4. The number of carbonyl (C=O) groups is 1. The van der Waals surface area contributed by atoms with Crippen molar-refractivity contribution < 1.29 is 9.90 Å². The minimum absolute atomic E-state index is 0.0427. The number of hydrogen-bond donors (Lipinski definition) is 3. The van der Waals surface area contributed by atoms with Gasteiger partial charge in [0, 0.05) is 60.0 Å². The number of benzene rings is 1. The first-order valence-corrected chi connectivity index (χ1v) is 11.8. The Morgan fingerprint density at radius 3 is 2.58 bits per heavy atom. The van der Waals surface area contributed by atoms with E-state index in [-0.39, 0.29) is 11.9 Å². The van der Waals surface area contributed by atoms with E-state index in [4.69, 9.17) is 0 Å². The Balaban J connectivity index is 1.11. The summed E-state index contributed by atoms with van der Waals surface area (Å²) in [5.41, 5.74) is 4.84. The van der Waals surface area contributed by atoms with Crippen LogP contribution in [0.15, 0.2) is 67.1 Å². The molecule has 2 aromatic heterocycles. The maximum absolute atomic E-state index is 12.4. The smallest absolute Gasteiger partial charge is 0.251 e. The van der Waals surface area contributed by atoms with E-state index in [2.05, 4.69) is 26.7 Å². The fourth-order valence-corrected chi connectivity index (χ4v) is 4.57. The van der Waals surface area contributed by atoms with Gasteiger partial charge in [-0.3, -0.25) is 14.8 Å². The molecule has 1 aliphatic carbocycles. The van der Waals surface area contributed by atoms with E-state index in [1.54, 1.807) is 12.4 Å². The zero-order valence-corrected chi connectivity index (χ0v) is 18.7. The predicted molar refractivity (Wildman–Crippen MR) is 127 cm³/mol. The Labute approximate surface area is 194 Å². The quantitative estimate of drug-likeness (QED) is 0.495. The number of aliphatic hydroxyl groups is 1. The second-order valence-electron chi connectivity index (χ2n) is 9.23. The molecule has 3 N–H and O–H groups in total. The van der Waals surface area contributed by atoms with Gasteiger partial charge in [0.1, 0.15) is 0 Å². The van der Waals surface area contributed by atoms with Crippen molar-refractivity contribution in [2.45, 2.75) is 62.8 Å². The molecule has 6 heteroatoms. The van der Waals surface area contributed by atoms with E-state index in [0.29, 0.717) is 24.1 Å². The van der Waals surface area contributed by atoms with E-state index in [1.807, 2.05) is 48.7 Å². The van der Waals surface area contributed by atoms with Crippen LogP contribution in [-0.4, -0.2) is 33.1 Å². The lowest BCUT2D eigenvalue weighted by Gasteiger charge is -2.20. The highest BCUT2D eigenvalue weighted by atomic mass is 16.3. The average molecular weight is 443 g/mol. The fraction of sp³-hybridized carbons (Fsp3) is 0.370. The summed E-state index contributed by atoms with van der Waals surface area (Å²) in [6.07, 6.45) is 10.1. The third-order valence-corrected chi connectivity index (χ3v) is 6.68. The molecular weight excluding hydrogens is 412 g/mol. The minimum Gasteiger partial charge on any atom is -0.387 e. The Bertz CT molecular complexity index is 1070. The van der Waals surface area contributed by atoms with Crippen molar-refractivity contribution in [3.8, 4) is 0 Å². The van der Waals surface area contributed by atoms with E-state index in [9.17, 15) is 9.90 Å². The number of hydrogen-bond acceptors (Lipinski definition) is 5. The molecule has 170 valence electrons. The zero-order chi connectivity index (χ0) is 22.6. The molecule has 33 heavy (non-hydrogen) atoms. The summed E-state index contributed by atoms with van der Waals surface area (Å²) in [4.78, 5) is 21.0. The van der Waals surface area contributed by atoms with Crippen LogP contribution in [0.25, 0.3) is 0 Å². The highest BCUT2D eigenvalue weighted by molar-refractivity contribution is 5.94. The Morgan fingerprint density at radius 1 is 1.03 bits per heavy atom. The van der Waals surface area contributed by atoms with Crippen LogP contribution >= 0.6 is 0 Å². The first-order chi connectivity index (χ1) is 16.2. The average Bonchev–Trinajstić information content (AvgIpc) is 3.62. The number of pyridine rings is 2. The molecule has 1 saturated heterocycles. The zero-order valence-electron chi connectivity index (χ0n) is 18.7. The fourth-order valence-electron chi connectivity index (χ4n) is 4.57. The van der Waals surface area contributed by atoms with Gasteiger partial charge in [0.15, 0.2) is 0 Å². The molecule has 0 spiro atoms. The van der Waals surface area contributed by atoms with E-state index in [1.165, 1.54) is 18.4 Å². The van der Waals surface area contributed by atoms with Gasteiger partial charge in [0.05, 0.1) is 6.10 Å². The number of aromatic nitrogens is 2. The van der Waals surface area contributed by atoms with Crippen LogP contribution in [-0.2, 0) is 13.0 Å². The number of aliphatic hydroxyl groups excluding tert-OH is 1. The molecule has 1 aromatic carbocycles. The molecule has 3 unspecified atom stereocenters. The van der Waals surface area contributed by atoms with Gasteiger partial charge in [-0.2, -0.15) is 0 Å². The lowest BCUT2D eigenvalue weighted by Crippen LogP contribution is -2.35. The third-order valence-electron chi connectivity index (χ3n) is 6.68. The van der Waals surface area contributed by atoms with E-state index >= 15 is 0 Å². The minimum atomic E-state index is -0.540. The molecule has 6 nitrogen and oxygen atoms in total. The summed E-state index contributed by atoms with van der Waals surface area (Å²) in [6, 6.07) is 16.0. The van der Waals surface area contributed by atoms with Gasteiger partial charge >= 0.3 is 0 Å². The summed E-state index contributed by atoms with van der Waals surface area (Å²) < 4.78 is 0. The van der Waals surface area contributed by atoms with Crippen molar-refractivity contribution in [3.05, 3.63) is 95.1 Å². The molecule has 3 heterocycles. The predicted octanol–water partition coefficient (Wildman–Crippen LogP) is 3.68. The number of amides is 1. The van der Waals surface area contributed by atoms with Crippen LogP contribution in [0.4, 0.5) is 0 Å². The third kappa shape index (κ3) is 5.46. The van der Waals surface area contributed by atoms with Gasteiger partial charge in [0.2, 0.25) is 0 Å². The van der Waals surface area contributed by atoms with Gasteiger partial charge in [-0.05, 0) is 67.5 Å². The number of nitrogens with one attached hydrogen (secondary N) is 2. The second kappa shape index (κ2) is 9.81. The largest absolute Gasteiger partial charge is 0.387 e. The molecule has 1 aliphatic heterocycles. The van der Waals surface area contributed by atoms with Crippen LogP contribution in [0.5, 0.6) is 0 Å². The number of carbonyl (C=O) groups excluding carboxylic acids is 1.